The molecule has 2 aliphatic heterocycles. The van der Waals surface area contributed by atoms with E-state index in [1.54, 1.807) is 23.4 Å². The Bertz CT molecular complexity index is 942. The third-order valence-corrected chi connectivity index (χ3v) is 7.07. The van der Waals surface area contributed by atoms with Crippen LogP contribution in [0.25, 0.3) is 0 Å². The van der Waals surface area contributed by atoms with Crippen LogP contribution in [-0.4, -0.2) is 84.9 Å². The first-order chi connectivity index (χ1) is 15.9. The molecule has 1 aromatic heterocycles. The van der Waals surface area contributed by atoms with Crippen LogP contribution in [0.5, 0.6) is 0 Å². The molecule has 0 radical (unpaired) electrons. The minimum Gasteiger partial charge on any atom is -0.391 e. The van der Waals surface area contributed by atoms with Gasteiger partial charge in [-0.1, -0.05) is 26.0 Å². The van der Waals surface area contributed by atoms with Crippen LogP contribution in [0.4, 0.5) is 0 Å². The van der Waals surface area contributed by atoms with Crippen LogP contribution in [0, 0.1) is 5.41 Å². The summed E-state index contributed by atoms with van der Waals surface area (Å²) in [7, 11) is 0. The van der Waals surface area contributed by atoms with Gasteiger partial charge in [-0.2, -0.15) is 0 Å². The maximum atomic E-state index is 13.8. The number of β-amino-alcohol motifs (C(OH)–C–C–N with tert-alkyl or cyclic N) is 1. The van der Waals surface area contributed by atoms with Gasteiger partial charge in [-0.25, -0.2) is 4.68 Å². The normalized spacial score (nSPS) is 24.4. The van der Waals surface area contributed by atoms with Crippen molar-refractivity contribution in [1.29, 1.82) is 0 Å². The molecule has 34 heavy (non-hydrogen) atoms. The standard InChI is InChI=1S/C24H38N6O4/c1-23(2,3)19(30-14-17(26-27-30)15-8-9-15)21(33)29-13-16(31)12-18(29)20(32)25-24(4,5)22(34)28-10-6-7-11-28/h14-16,18-19,31H,6-13H2,1-5H3,(H,25,32)/t16-,18+,19-/m1/s1. The van der Waals surface area contributed by atoms with E-state index in [0.29, 0.717) is 19.0 Å². The highest BCUT2D eigenvalue weighted by Crippen LogP contribution is 2.40. The van der Waals surface area contributed by atoms with E-state index in [2.05, 4.69) is 15.6 Å². The topological polar surface area (TPSA) is 121 Å². The molecular weight excluding hydrogens is 436 g/mol. The van der Waals surface area contributed by atoms with Gasteiger partial charge in [0.1, 0.15) is 17.6 Å². The van der Waals surface area contributed by atoms with Crippen molar-refractivity contribution in [3.05, 3.63) is 11.9 Å². The van der Waals surface area contributed by atoms with Crippen LogP contribution >= 0.6 is 0 Å². The molecule has 0 aromatic carbocycles. The highest BCUT2D eigenvalue weighted by Gasteiger charge is 2.47. The minimum absolute atomic E-state index is 0.0637. The quantitative estimate of drug-likeness (QED) is 0.640. The fourth-order valence-electron chi connectivity index (χ4n) is 5.09. The van der Waals surface area contributed by atoms with Gasteiger partial charge in [0.25, 0.3) is 0 Å². The van der Waals surface area contributed by atoms with Crippen molar-refractivity contribution in [1.82, 2.24) is 30.1 Å². The average Bonchev–Trinajstić information content (AvgIpc) is 3.14. The molecule has 0 spiro atoms. The number of hydrogen-bond acceptors (Lipinski definition) is 6. The average molecular weight is 475 g/mol. The highest BCUT2D eigenvalue weighted by atomic mass is 16.3. The highest BCUT2D eigenvalue weighted by molar-refractivity contribution is 5.95. The number of nitrogens with zero attached hydrogens (tertiary/aromatic N) is 5. The number of amides is 3. The third-order valence-electron chi connectivity index (χ3n) is 7.07. The molecule has 2 N–H and O–H groups in total. The van der Waals surface area contributed by atoms with Crippen molar-refractivity contribution < 1.29 is 19.5 Å². The molecule has 3 atom stereocenters. The molecule has 1 aliphatic carbocycles. The van der Waals surface area contributed by atoms with Crippen molar-refractivity contribution in [2.24, 2.45) is 5.41 Å². The lowest BCUT2D eigenvalue weighted by molar-refractivity contribution is -0.146. The lowest BCUT2D eigenvalue weighted by Gasteiger charge is -2.36. The van der Waals surface area contributed by atoms with Gasteiger partial charge in [0, 0.05) is 38.2 Å². The van der Waals surface area contributed by atoms with Crippen molar-refractivity contribution >= 4 is 17.7 Å². The van der Waals surface area contributed by atoms with E-state index in [4.69, 9.17) is 0 Å². The number of aliphatic hydroxyl groups is 1. The Morgan fingerprint density at radius 1 is 1.12 bits per heavy atom. The second-order valence-electron chi connectivity index (χ2n) is 11.7. The lowest BCUT2D eigenvalue weighted by atomic mass is 9.85. The maximum absolute atomic E-state index is 13.8. The molecule has 188 valence electrons. The molecule has 0 unspecified atom stereocenters. The van der Waals surface area contributed by atoms with Crippen LogP contribution in [-0.2, 0) is 14.4 Å². The van der Waals surface area contributed by atoms with Crippen molar-refractivity contribution in [3.8, 4) is 0 Å². The molecule has 10 nitrogen and oxygen atoms in total. The number of hydrogen-bond donors (Lipinski definition) is 2. The molecule has 3 amide bonds. The van der Waals surface area contributed by atoms with Crippen LogP contribution in [0.1, 0.15) is 84.4 Å². The predicted molar refractivity (Wildman–Crippen MR) is 125 cm³/mol. The second-order valence-corrected chi connectivity index (χ2v) is 11.7. The van der Waals surface area contributed by atoms with E-state index in [-0.39, 0.29) is 24.8 Å². The van der Waals surface area contributed by atoms with Gasteiger partial charge in [0.15, 0.2) is 0 Å². The zero-order valence-corrected chi connectivity index (χ0v) is 21.0. The van der Waals surface area contributed by atoms with Gasteiger partial charge >= 0.3 is 0 Å². The number of carbonyl (C=O) groups is 3. The number of aliphatic hydroxyl groups excluding tert-OH is 1. The Balaban J connectivity index is 1.53. The summed E-state index contributed by atoms with van der Waals surface area (Å²) in [6.45, 7) is 10.7. The largest absolute Gasteiger partial charge is 0.391 e. The summed E-state index contributed by atoms with van der Waals surface area (Å²) in [5.74, 6) is -0.419. The molecule has 4 rings (SSSR count). The van der Waals surface area contributed by atoms with E-state index in [9.17, 15) is 19.5 Å². The lowest BCUT2D eigenvalue weighted by Crippen LogP contribution is -2.59. The van der Waals surface area contributed by atoms with Crippen LogP contribution in [0.15, 0.2) is 6.20 Å². The van der Waals surface area contributed by atoms with Crippen molar-refractivity contribution in [3.63, 3.8) is 0 Å². The third kappa shape index (κ3) is 4.96. The van der Waals surface area contributed by atoms with Gasteiger partial charge in [-0.15, -0.1) is 5.10 Å². The molecule has 1 saturated carbocycles. The van der Waals surface area contributed by atoms with Crippen molar-refractivity contribution in [2.75, 3.05) is 19.6 Å². The second kappa shape index (κ2) is 8.94. The first-order valence-electron chi connectivity index (χ1n) is 12.4. The Labute approximate surface area is 201 Å². The summed E-state index contributed by atoms with van der Waals surface area (Å²) in [5, 5.41) is 21.8. The molecular formula is C24H38N6O4. The zero-order chi connectivity index (χ0) is 24.8. The maximum Gasteiger partial charge on any atom is 0.248 e. The molecule has 3 heterocycles. The summed E-state index contributed by atoms with van der Waals surface area (Å²) in [6.07, 6.45) is 5.25. The van der Waals surface area contributed by atoms with Gasteiger partial charge in [-0.3, -0.25) is 14.4 Å². The molecule has 0 bridgehead atoms. The molecule has 2 saturated heterocycles. The number of nitrogens with one attached hydrogen (secondary N) is 1. The van der Waals surface area contributed by atoms with E-state index in [1.807, 2.05) is 27.0 Å². The van der Waals surface area contributed by atoms with Crippen LogP contribution in [0.2, 0.25) is 0 Å². The van der Waals surface area contributed by atoms with Gasteiger partial charge in [0.05, 0.1) is 11.8 Å². The van der Waals surface area contributed by atoms with E-state index in [0.717, 1.165) is 31.4 Å². The first kappa shape index (κ1) is 24.6. The first-order valence-corrected chi connectivity index (χ1v) is 12.4. The van der Waals surface area contributed by atoms with E-state index >= 15 is 0 Å². The summed E-state index contributed by atoms with van der Waals surface area (Å²) < 4.78 is 1.61. The smallest absolute Gasteiger partial charge is 0.248 e. The Morgan fingerprint density at radius 3 is 2.35 bits per heavy atom. The zero-order valence-electron chi connectivity index (χ0n) is 21.0. The molecule has 10 heteroatoms. The number of carbonyl (C=O) groups excluding carboxylic acids is 3. The predicted octanol–water partition coefficient (Wildman–Crippen LogP) is 1.22. The molecule has 1 aromatic rings. The van der Waals surface area contributed by atoms with E-state index < -0.39 is 35.0 Å². The van der Waals surface area contributed by atoms with Crippen molar-refractivity contribution in [2.45, 2.75) is 96.4 Å². The fourth-order valence-corrected chi connectivity index (χ4v) is 5.09. The number of rotatable bonds is 6. The van der Waals surface area contributed by atoms with Gasteiger partial charge in [0.2, 0.25) is 17.7 Å². The Hall–Kier alpha value is -2.49. The Kier molecular flexibility index (Phi) is 6.48. The molecule has 3 aliphatic rings. The summed E-state index contributed by atoms with van der Waals surface area (Å²) in [5.41, 5.74) is -0.705. The number of aromatic nitrogens is 3. The molecule has 3 fully saturated rings. The minimum atomic E-state index is -1.10. The summed E-state index contributed by atoms with van der Waals surface area (Å²) in [6, 6.07) is -1.53. The van der Waals surface area contributed by atoms with E-state index in [1.165, 1.54) is 4.90 Å². The fraction of sp³-hybridized carbons (Fsp3) is 0.792. The van der Waals surface area contributed by atoms with Crippen LogP contribution in [0.3, 0.4) is 0 Å². The van der Waals surface area contributed by atoms with Gasteiger partial charge < -0.3 is 20.2 Å². The monoisotopic (exact) mass is 474 g/mol. The van der Waals surface area contributed by atoms with Gasteiger partial charge in [-0.05, 0) is 44.9 Å². The van der Waals surface area contributed by atoms with Crippen LogP contribution < -0.4 is 5.32 Å². The SMILES string of the molecule is CC(C)(NC(=O)[C@@H]1C[C@@H](O)CN1C(=O)[C@@H](n1cc(C2CC2)nn1)C(C)(C)C)C(=O)N1CCCC1. The number of likely N-dealkylation sites (tertiary alicyclic amines) is 2. The Morgan fingerprint density at radius 2 is 1.76 bits per heavy atom. The summed E-state index contributed by atoms with van der Waals surface area (Å²) >= 11 is 0. The summed E-state index contributed by atoms with van der Waals surface area (Å²) in [4.78, 5) is 43.3.